The minimum atomic E-state index is -1.16. The Bertz CT molecular complexity index is 699. The Morgan fingerprint density at radius 3 is 2.89 bits per heavy atom. The molecule has 0 saturated heterocycles. The van der Waals surface area contributed by atoms with Crippen LogP contribution in [0.3, 0.4) is 0 Å². The molecule has 0 spiro atoms. The topological polar surface area (TPSA) is 118 Å². The van der Waals surface area contributed by atoms with Gasteiger partial charge in [-0.1, -0.05) is 15.9 Å². The van der Waals surface area contributed by atoms with Gasteiger partial charge in [-0.05, 0) is 18.2 Å². The number of ether oxygens (including phenoxy) is 1. The van der Waals surface area contributed by atoms with Crippen LogP contribution in [-0.2, 0) is 0 Å². The molecule has 8 heteroatoms. The summed E-state index contributed by atoms with van der Waals surface area (Å²) in [6.45, 7) is 0. The van der Waals surface area contributed by atoms with Gasteiger partial charge in [0.15, 0.2) is 5.69 Å². The van der Waals surface area contributed by atoms with E-state index in [4.69, 9.17) is 15.6 Å². The summed E-state index contributed by atoms with van der Waals surface area (Å²) in [5, 5.41) is 9.04. The van der Waals surface area contributed by atoms with Gasteiger partial charge in [0.25, 0.3) is 5.56 Å². The van der Waals surface area contributed by atoms with Crippen LogP contribution in [0.15, 0.2) is 33.8 Å². The average molecular weight is 326 g/mol. The molecule has 0 fully saturated rings. The third kappa shape index (κ3) is 2.74. The number of nitrogens with one attached hydrogen (secondary N) is 1. The van der Waals surface area contributed by atoms with Gasteiger partial charge in [-0.3, -0.25) is 4.79 Å². The van der Waals surface area contributed by atoms with E-state index in [1.165, 1.54) is 12.1 Å². The fraction of sp³-hybridized carbons (Fsp3) is 0. The Labute approximate surface area is 115 Å². The van der Waals surface area contributed by atoms with Gasteiger partial charge < -0.3 is 20.6 Å². The second-order valence-corrected chi connectivity index (χ2v) is 4.41. The first kappa shape index (κ1) is 13.1. The maximum atomic E-state index is 11.3. The number of nitrogens with zero attached hydrogens (tertiary/aromatic N) is 1. The summed E-state index contributed by atoms with van der Waals surface area (Å²) in [6, 6.07) is 4.38. The third-order valence-electron chi connectivity index (χ3n) is 2.23. The molecule has 0 aliphatic carbocycles. The number of carboxylic acids is 1. The first-order valence-corrected chi connectivity index (χ1v) is 5.82. The van der Waals surface area contributed by atoms with Crippen LogP contribution in [0.2, 0.25) is 0 Å². The van der Waals surface area contributed by atoms with Crippen molar-refractivity contribution >= 4 is 27.6 Å². The van der Waals surface area contributed by atoms with Gasteiger partial charge in [0, 0.05) is 4.47 Å². The number of aromatic nitrogens is 2. The zero-order valence-corrected chi connectivity index (χ0v) is 11.0. The summed E-state index contributed by atoms with van der Waals surface area (Å²) < 4.78 is 5.92. The van der Waals surface area contributed by atoms with Crippen LogP contribution < -0.4 is 16.0 Å². The summed E-state index contributed by atoms with van der Waals surface area (Å²) in [6.07, 6.45) is 1.12. The fourth-order valence-electron chi connectivity index (χ4n) is 1.34. The van der Waals surface area contributed by atoms with E-state index in [0.29, 0.717) is 4.47 Å². The lowest BCUT2D eigenvalue weighted by Crippen LogP contribution is -2.13. The van der Waals surface area contributed by atoms with Gasteiger partial charge in [-0.25, -0.2) is 9.78 Å². The molecule has 0 radical (unpaired) electrons. The number of anilines is 1. The van der Waals surface area contributed by atoms with E-state index in [1.54, 1.807) is 6.07 Å². The van der Waals surface area contributed by atoms with Gasteiger partial charge in [0.2, 0.25) is 5.88 Å². The number of nitrogen functional groups attached to an aromatic ring is 1. The summed E-state index contributed by atoms with van der Waals surface area (Å²) in [5.41, 5.74) is 4.66. The average Bonchev–Trinajstić information content (AvgIpc) is 2.35. The quantitative estimate of drug-likeness (QED) is 0.788. The number of aromatic carboxylic acids is 1. The van der Waals surface area contributed by atoms with Crippen LogP contribution in [0.1, 0.15) is 10.4 Å². The number of carboxylic acid groups (broad SMARTS) is 1. The maximum absolute atomic E-state index is 11.3. The molecule has 0 bridgehead atoms. The minimum absolute atomic E-state index is 0.0340. The fourth-order valence-corrected chi connectivity index (χ4v) is 1.68. The predicted molar refractivity (Wildman–Crippen MR) is 70.4 cm³/mol. The molecule has 2 aromatic rings. The van der Waals surface area contributed by atoms with Gasteiger partial charge in [0.05, 0.1) is 6.33 Å². The SMILES string of the molecule is Nc1c(Oc2cc(Br)ccc2C(=O)O)nc[nH]c1=O. The van der Waals surface area contributed by atoms with Crippen LogP contribution in [0, 0.1) is 0 Å². The molecular formula is C11H8BrN3O4. The lowest BCUT2D eigenvalue weighted by molar-refractivity contribution is 0.0694. The molecule has 1 heterocycles. The molecule has 0 atom stereocenters. The van der Waals surface area contributed by atoms with Crippen molar-refractivity contribution in [3.05, 3.63) is 44.9 Å². The number of hydrogen-bond acceptors (Lipinski definition) is 5. The third-order valence-corrected chi connectivity index (χ3v) is 2.73. The Kier molecular flexibility index (Phi) is 3.52. The molecule has 0 saturated carbocycles. The summed E-state index contributed by atoms with van der Waals surface area (Å²) in [5.74, 6) is -1.28. The van der Waals surface area contributed by atoms with Crippen molar-refractivity contribution in [2.75, 3.05) is 5.73 Å². The lowest BCUT2D eigenvalue weighted by atomic mass is 10.2. The van der Waals surface area contributed by atoms with Crippen LogP contribution in [0.25, 0.3) is 0 Å². The highest BCUT2D eigenvalue weighted by molar-refractivity contribution is 9.10. The molecule has 0 aliphatic heterocycles. The summed E-state index contributed by atoms with van der Waals surface area (Å²) in [4.78, 5) is 28.4. The Morgan fingerprint density at radius 1 is 1.47 bits per heavy atom. The number of aromatic amines is 1. The molecular weight excluding hydrogens is 318 g/mol. The van der Waals surface area contributed by atoms with Crippen molar-refractivity contribution in [2.24, 2.45) is 0 Å². The highest BCUT2D eigenvalue weighted by Crippen LogP contribution is 2.29. The number of hydrogen-bond donors (Lipinski definition) is 3. The van der Waals surface area contributed by atoms with Crippen molar-refractivity contribution in [2.45, 2.75) is 0 Å². The van der Waals surface area contributed by atoms with Gasteiger partial charge >= 0.3 is 5.97 Å². The molecule has 0 amide bonds. The number of nitrogens with two attached hydrogens (primary N) is 1. The van der Waals surface area contributed by atoms with E-state index in [-0.39, 0.29) is 22.9 Å². The normalized spacial score (nSPS) is 10.2. The molecule has 19 heavy (non-hydrogen) atoms. The van der Waals surface area contributed by atoms with E-state index in [1.807, 2.05) is 0 Å². The summed E-state index contributed by atoms with van der Waals surface area (Å²) >= 11 is 3.20. The Hall–Kier alpha value is -2.35. The molecule has 0 unspecified atom stereocenters. The zero-order valence-electron chi connectivity index (χ0n) is 9.38. The van der Waals surface area contributed by atoms with E-state index < -0.39 is 11.5 Å². The minimum Gasteiger partial charge on any atom is -0.478 e. The van der Waals surface area contributed by atoms with E-state index >= 15 is 0 Å². The van der Waals surface area contributed by atoms with E-state index in [0.717, 1.165) is 6.33 Å². The highest BCUT2D eigenvalue weighted by atomic mass is 79.9. The Balaban J connectivity index is 2.48. The second-order valence-electron chi connectivity index (χ2n) is 3.50. The van der Waals surface area contributed by atoms with Crippen molar-refractivity contribution in [3.63, 3.8) is 0 Å². The molecule has 1 aromatic heterocycles. The van der Waals surface area contributed by atoms with Crippen LogP contribution in [0.4, 0.5) is 5.69 Å². The number of halogens is 1. The first-order chi connectivity index (χ1) is 8.99. The van der Waals surface area contributed by atoms with Gasteiger partial charge in [0.1, 0.15) is 11.3 Å². The number of H-pyrrole nitrogens is 1. The maximum Gasteiger partial charge on any atom is 0.339 e. The van der Waals surface area contributed by atoms with Crippen molar-refractivity contribution < 1.29 is 14.6 Å². The monoisotopic (exact) mass is 325 g/mol. The summed E-state index contributed by atoms with van der Waals surface area (Å²) in [7, 11) is 0. The molecule has 1 aromatic carbocycles. The first-order valence-electron chi connectivity index (χ1n) is 5.03. The van der Waals surface area contributed by atoms with Crippen LogP contribution in [0.5, 0.6) is 11.6 Å². The van der Waals surface area contributed by atoms with Crippen molar-refractivity contribution in [1.29, 1.82) is 0 Å². The van der Waals surface area contributed by atoms with Crippen molar-refractivity contribution in [3.8, 4) is 11.6 Å². The molecule has 0 aliphatic rings. The number of rotatable bonds is 3. The van der Waals surface area contributed by atoms with E-state index in [9.17, 15) is 9.59 Å². The van der Waals surface area contributed by atoms with Crippen molar-refractivity contribution in [1.82, 2.24) is 9.97 Å². The predicted octanol–water partition coefficient (Wildman–Crippen LogP) is 1.61. The largest absolute Gasteiger partial charge is 0.478 e. The van der Waals surface area contributed by atoms with E-state index in [2.05, 4.69) is 25.9 Å². The smallest absolute Gasteiger partial charge is 0.339 e. The Morgan fingerprint density at radius 2 is 2.21 bits per heavy atom. The standard InChI is InChI=1S/C11H8BrN3O4/c12-5-1-2-6(11(17)18)7(3-5)19-10-8(13)9(16)14-4-15-10/h1-4H,13H2,(H,17,18)(H,14,15,16). The van der Waals surface area contributed by atoms with Crippen LogP contribution in [-0.4, -0.2) is 21.0 Å². The number of carbonyl (C=O) groups is 1. The zero-order chi connectivity index (χ0) is 14.0. The van der Waals surface area contributed by atoms with Gasteiger partial charge in [-0.15, -0.1) is 0 Å². The molecule has 7 nitrogen and oxygen atoms in total. The molecule has 4 N–H and O–H groups in total. The molecule has 2 rings (SSSR count). The second kappa shape index (κ2) is 5.11. The van der Waals surface area contributed by atoms with Gasteiger partial charge in [-0.2, -0.15) is 0 Å². The number of benzene rings is 1. The highest BCUT2D eigenvalue weighted by Gasteiger charge is 2.15. The van der Waals surface area contributed by atoms with Crippen LogP contribution >= 0.6 is 15.9 Å². The molecule has 98 valence electrons. The lowest BCUT2D eigenvalue weighted by Gasteiger charge is -2.09.